The second-order valence-electron chi connectivity index (χ2n) is 5.77. The Kier molecular flexibility index (Phi) is 5.12. The molecule has 144 valence electrons. The number of hydrogen-bond donors (Lipinski definition) is 2. The fraction of sp³-hybridized carbons (Fsp3) is 0.111. The highest BCUT2D eigenvalue weighted by Crippen LogP contribution is 2.27. The molecule has 28 heavy (non-hydrogen) atoms. The van der Waals surface area contributed by atoms with Gasteiger partial charge in [0.2, 0.25) is 0 Å². The van der Waals surface area contributed by atoms with E-state index >= 15 is 0 Å². The molecule has 1 aromatic carbocycles. The van der Waals surface area contributed by atoms with Crippen LogP contribution in [0, 0.1) is 0 Å². The van der Waals surface area contributed by atoms with Crippen LogP contribution in [0.5, 0.6) is 0 Å². The van der Waals surface area contributed by atoms with Crippen molar-refractivity contribution in [2.75, 3.05) is 0 Å². The third-order valence-electron chi connectivity index (χ3n) is 3.77. The van der Waals surface area contributed by atoms with Crippen molar-refractivity contribution >= 4 is 22.7 Å². The van der Waals surface area contributed by atoms with Crippen LogP contribution in [0.4, 0.5) is 13.2 Å². The van der Waals surface area contributed by atoms with Gasteiger partial charge >= 0.3 is 6.18 Å². The number of pyridine rings is 2. The highest BCUT2D eigenvalue weighted by Gasteiger charge is 2.31. The molecule has 0 fully saturated rings. The van der Waals surface area contributed by atoms with Crippen molar-refractivity contribution in [2.24, 2.45) is 0 Å². The van der Waals surface area contributed by atoms with Crippen LogP contribution < -0.4 is 16.4 Å². The Morgan fingerprint density at radius 3 is 2.50 bits per heavy atom. The van der Waals surface area contributed by atoms with E-state index in [1.807, 2.05) is 17.6 Å². The number of nitrogens with zero attached hydrogens (tertiary/aromatic N) is 2. The van der Waals surface area contributed by atoms with Crippen molar-refractivity contribution < 1.29 is 22.8 Å². The lowest BCUT2D eigenvalue weighted by Gasteiger charge is -2.11. The fourth-order valence-corrected chi connectivity index (χ4v) is 2.40. The van der Waals surface area contributed by atoms with Crippen molar-refractivity contribution in [3.8, 4) is 0 Å². The topological polar surface area (TPSA) is 93.1 Å². The van der Waals surface area contributed by atoms with Crippen molar-refractivity contribution in [2.45, 2.75) is 12.7 Å². The third-order valence-corrected chi connectivity index (χ3v) is 3.77. The highest BCUT2D eigenvalue weighted by atomic mass is 19.4. The van der Waals surface area contributed by atoms with E-state index in [0.717, 1.165) is 5.39 Å². The molecule has 7 nitrogen and oxygen atoms in total. The van der Waals surface area contributed by atoms with Crippen molar-refractivity contribution in [3.63, 3.8) is 0 Å². The number of carbonyl (C=O) groups is 2. The number of alkyl halides is 3. The standard InChI is InChI=1S/C18H13F3N4O3/c19-18(20,21)12-6-8-16(27)25(9-12)10-15(26)23-24-17(28)14-7-5-11-3-1-2-4-13(11)22-14/h1-9H,10H2,(H,23,26)(H,24,28). The zero-order chi connectivity index (χ0) is 20.3. The molecular formula is C18H13F3N4O3. The first-order chi connectivity index (χ1) is 13.2. The number of halogens is 3. The van der Waals surface area contributed by atoms with E-state index < -0.39 is 35.7 Å². The predicted molar refractivity (Wildman–Crippen MR) is 93.1 cm³/mol. The molecule has 2 aromatic heterocycles. The lowest BCUT2D eigenvalue weighted by atomic mass is 10.2. The Balaban J connectivity index is 1.65. The molecule has 0 saturated heterocycles. The van der Waals surface area contributed by atoms with Gasteiger partial charge in [-0.25, -0.2) is 4.98 Å². The summed E-state index contributed by atoms with van der Waals surface area (Å²) in [5.41, 5.74) is 2.92. The molecule has 0 atom stereocenters. The van der Waals surface area contributed by atoms with Gasteiger partial charge in [-0.15, -0.1) is 0 Å². The van der Waals surface area contributed by atoms with Gasteiger partial charge in [0.1, 0.15) is 12.2 Å². The van der Waals surface area contributed by atoms with E-state index in [1.165, 1.54) is 6.07 Å². The number of aromatic nitrogens is 2. The number of carbonyl (C=O) groups excluding carboxylic acids is 2. The van der Waals surface area contributed by atoms with Gasteiger partial charge in [0.25, 0.3) is 17.4 Å². The Labute approximate surface area is 155 Å². The first-order valence-electron chi connectivity index (χ1n) is 7.97. The van der Waals surface area contributed by atoms with Gasteiger partial charge in [0, 0.05) is 17.6 Å². The summed E-state index contributed by atoms with van der Waals surface area (Å²) in [6.07, 6.45) is -4.11. The second-order valence-corrected chi connectivity index (χ2v) is 5.77. The molecule has 0 saturated carbocycles. The van der Waals surface area contributed by atoms with Gasteiger partial charge in [-0.3, -0.25) is 25.2 Å². The summed E-state index contributed by atoms with van der Waals surface area (Å²) >= 11 is 0. The average molecular weight is 390 g/mol. The van der Waals surface area contributed by atoms with E-state index in [-0.39, 0.29) is 5.69 Å². The first kappa shape index (κ1) is 19.1. The average Bonchev–Trinajstić information content (AvgIpc) is 2.66. The van der Waals surface area contributed by atoms with Crippen LogP contribution in [-0.2, 0) is 17.5 Å². The van der Waals surface area contributed by atoms with E-state index in [0.29, 0.717) is 28.4 Å². The number of hydrazine groups is 1. The zero-order valence-corrected chi connectivity index (χ0v) is 14.2. The largest absolute Gasteiger partial charge is 0.417 e. The molecule has 0 radical (unpaired) electrons. The van der Waals surface area contributed by atoms with Crippen molar-refractivity contribution in [3.05, 3.63) is 76.3 Å². The highest BCUT2D eigenvalue weighted by molar-refractivity contribution is 5.95. The maximum Gasteiger partial charge on any atom is 0.417 e. The number of fused-ring (bicyclic) bond motifs is 1. The lowest BCUT2D eigenvalue weighted by Crippen LogP contribution is -2.44. The summed E-state index contributed by atoms with van der Waals surface area (Å²) in [5, 5.41) is 0.826. The van der Waals surface area contributed by atoms with Gasteiger partial charge in [-0.05, 0) is 18.2 Å². The van der Waals surface area contributed by atoms with Crippen LogP contribution in [0.1, 0.15) is 16.1 Å². The maximum absolute atomic E-state index is 12.7. The lowest BCUT2D eigenvalue weighted by molar-refractivity contribution is -0.138. The summed E-state index contributed by atoms with van der Waals surface area (Å²) in [6.45, 7) is -0.700. The van der Waals surface area contributed by atoms with Gasteiger partial charge < -0.3 is 4.57 Å². The number of benzene rings is 1. The quantitative estimate of drug-likeness (QED) is 0.668. The van der Waals surface area contributed by atoms with Crippen LogP contribution in [-0.4, -0.2) is 21.4 Å². The molecule has 2 N–H and O–H groups in total. The van der Waals surface area contributed by atoms with Crippen LogP contribution in [0.15, 0.2) is 59.5 Å². The van der Waals surface area contributed by atoms with Crippen LogP contribution in [0.3, 0.4) is 0 Å². The summed E-state index contributed by atoms with van der Waals surface area (Å²) in [5.74, 6) is -1.59. The molecule has 0 aliphatic rings. The van der Waals surface area contributed by atoms with Gasteiger partial charge in [-0.1, -0.05) is 24.3 Å². The SMILES string of the molecule is O=C(Cn1cc(C(F)(F)F)ccc1=O)NNC(=O)c1ccc2ccccc2n1. The summed E-state index contributed by atoms with van der Waals surface area (Å²) in [7, 11) is 0. The summed E-state index contributed by atoms with van der Waals surface area (Å²) in [4.78, 5) is 39.8. The Morgan fingerprint density at radius 2 is 1.75 bits per heavy atom. The van der Waals surface area contributed by atoms with Gasteiger partial charge in [0.05, 0.1) is 11.1 Å². The van der Waals surface area contributed by atoms with Crippen LogP contribution in [0.25, 0.3) is 10.9 Å². The summed E-state index contributed by atoms with van der Waals surface area (Å²) < 4.78 is 38.7. The van der Waals surface area contributed by atoms with E-state index in [2.05, 4.69) is 10.4 Å². The molecular weight excluding hydrogens is 377 g/mol. The maximum atomic E-state index is 12.7. The molecule has 10 heteroatoms. The molecule has 0 bridgehead atoms. The molecule has 0 unspecified atom stereocenters. The van der Waals surface area contributed by atoms with Gasteiger partial charge in [-0.2, -0.15) is 13.2 Å². The minimum absolute atomic E-state index is 0.0373. The van der Waals surface area contributed by atoms with E-state index in [1.54, 1.807) is 18.2 Å². The third kappa shape index (κ3) is 4.34. The minimum Gasteiger partial charge on any atom is -0.305 e. The molecule has 3 aromatic rings. The molecule has 0 aliphatic heterocycles. The van der Waals surface area contributed by atoms with Crippen molar-refractivity contribution in [1.82, 2.24) is 20.4 Å². The number of hydrogen-bond acceptors (Lipinski definition) is 4. The normalized spacial score (nSPS) is 11.2. The first-order valence-corrected chi connectivity index (χ1v) is 7.97. The molecule has 0 spiro atoms. The summed E-state index contributed by atoms with van der Waals surface area (Å²) in [6, 6.07) is 11.6. The Morgan fingerprint density at radius 1 is 1.00 bits per heavy atom. The Hall–Kier alpha value is -3.69. The van der Waals surface area contributed by atoms with Crippen LogP contribution in [0.2, 0.25) is 0 Å². The van der Waals surface area contributed by atoms with Crippen molar-refractivity contribution in [1.29, 1.82) is 0 Å². The molecule has 3 rings (SSSR count). The van der Waals surface area contributed by atoms with Gasteiger partial charge in [0.15, 0.2) is 0 Å². The second kappa shape index (κ2) is 7.51. The number of rotatable bonds is 3. The fourth-order valence-electron chi connectivity index (χ4n) is 2.40. The molecule has 2 amide bonds. The zero-order valence-electron chi connectivity index (χ0n) is 14.2. The smallest absolute Gasteiger partial charge is 0.305 e. The Bertz CT molecular complexity index is 1110. The number of nitrogens with one attached hydrogen (secondary N) is 2. The molecule has 2 heterocycles. The predicted octanol–water partition coefficient (Wildman–Crippen LogP) is 1.88. The monoisotopic (exact) mass is 390 g/mol. The van der Waals surface area contributed by atoms with E-state index in [9.17, 15) is 27.6 Å². The molecule has 0 aliphatic carbocycles. The van der Waals surface area contributed by atoms with E-state index in [4.69, 9.17) is 0 Å². The number of para-hydroxylation sites is 1. The number of amides is 2. The minimum atomic E-state index is -4.65. The van der Waals surface area contributed by atoms with Crippen LogP contribution >= 0.6 is 0 Å².